The number of alkyl halides is 2. The van der Waals surface area contributed by atoms with Crippen LogP contribution in [0, 0.1) is 0 Å². The summed E-state index contributed by atoms with van der Waals surface area (Å²) in [5.74, 6) is 0. The SMILES string of the molecule is CN(C)S(N(C)C)(N(C)C)[Si](C)(C)C(F)F. The standard InChI is InChI=1S/C9H25F2N3SSi/c1-12(2)15(13(3)4,14(5)6)16(7,8)9(10)11/h9H,1-8H3. The molecule has 0 rings (SSSR count). The van der Waals surface area contributed by atoms with Gasteiger partial charge in [-0.2, -0.15) is 0 Å². The van der Waals surface area contributed by atoms with Crippen LogP contribution >= 0.6 is 10.0 Å². The van der Waals surface area contributed by atoms with Crippen LogP contribution in [-0.4, -0.2) is 68.5 Å². The summed E-state index contributed by atoms with van der Waals surface area (Å²) in [6, 6.07) is -2.23. The number of nitrogens with zero attached hydrogens (tertiary/aromatic N) is 3. The van der Waals surface area contributed by atoms with E-state index in [0.29, 0.717) is 0 Å². The molecule has 7 heteroatoms. The number of hydrogen-bond acceptors (Lipinski definition) is 3. The van der Waals surface area contributed by atoms with Gasteiger partial charge in [0.15, 0.2) is 0 Å². The Morgan fingerprint density at radius 2 is 1.06 bits per heavy atom. The van der Waals surface area contributed by atoms with Gasteiger partial charge in [-0.1, -0.05) is 23.1 Å². The molecule has 0 spiro atoms. The van der Waals surface area contributed by atoms with Gasteiger partial charge in [0.25, 0.3) is 0 Å². The predicted octanol–water partition coefficient (Wildman–Crippen LogP) is 2.23. The van der Waals surface area contributed by atoms with Crippen molar-refractivity contribution in [3.63, 3.8) is 0 Å². The van der Waals surface area contributed by atoms with Crippen molar-refractivity contribution in [1.82, 2.24) is 12.9 Å². The summed E-state index contributed by atoms with van der Waals surface area (Å²) in [5, 5.41) is 0. The third kappa shape index (κ3) is 2.28. The molecule has 100 valence electrons. The Morgan fingerprint density at radius 1 is 0.812 bits per heavy atom. The molecular weight excluding hydrogens is 248 g/mol. The van der Waals surface area contributed by atoms with Crippen molar-refractivity contribution < 1.29 is 8.78 Å². The molecule has 0 aromatic heterocycles. The third-order valence-electron chi connectivity index (χ3n) is 2.76. The van der Waals surface area contributed by atoms with E-state index < -0.39 is 23.3 Å². The maximum Gasteiger partial charge on any atom is 0.234 e. The molecule has 0 aromatic carbocycles. The largest absolute Gasteiger partial charge is 0.255 e. The van der Waals surface area contributed by atoms with Crippen LogP contribution in [0.15, 0.2) is 0 Å². The minimum Gasteiger partial charge on any atom is -0.255 e. The maximum absolute atomic E-state index is 13.4. The number of halogens is 2. The molecule has 0 aliphatic heterocycles. The summed E-state index contributed by atoms with van der Waals surface area (Å²) in [6.45, 7) is 3.54. The third-order valence-corrected chi connectivity index (χ3v) is 16.3. The molecule has 0 aliphatic rings. The van der Waals surface area contributed by atoms with Crippen molar-refractivity contribution in [2.75, 3.05) is 42.3 Å². The van der Waals surface area contributed by atoms with Gasteiger partial charge in [-0.3, -0.25) is 12.9 Å². The summed E-state index contributed by atoms with van der Waals surface area (Å²) >= 11 is 0. The van der Waals surface area contributed by atoms with Crippen LogP contribution in [0.2, 0.25) is 13.1 Å². The predicted molar refractivity (Wildman–Crippen MR) is 72.1 cm³/mol. The minimum atomic E-state index is -2.72. The second-order valence-corrected chi connectivity index (χ2v) is 16.5. The summed E-state index contributed by atoms with van der Waals surface area (Å²) in [4.78, 5) is 0. The maximum atomic E-state index is 13.4. The number of rotatable bonds is 5. The van der Waals surface area contributed by atoms with E-state index in [4.69, 9.17) is 0 Å². The molecule has 0 heterocycles. The zero-order valence-corrected chi connectivity index (χ0v) is 13.4. The minimum absolute atomic E-state index is 1.73. The highest BCUT2D eigenvalue weighted by molar-refractivity contribution is 8.51. The van der Waals surface area contributed by atoms with Gasteiger partial charge in [0.2, 0.25) is 13.3 Å². The lowest BCUT2D eigenvalue weighted by atomic mass is 11.2. The van der Waals surface area contributed by atoms with Gasteiger partial charge in [-0.25, -0.2) is 8.78 Å². The molecule has 0 unspecified atom stereocenters. The lowest BCUT2D eigenvalue weighted by Crippen LogP contribution is -2.58. The number of hydrogen-bond donors (Lipinski definition) is 0. The van der Waals surface area contributed by atoms with E-state index in [9.17, 15) is 8.78 Å². The highest BCUT2D eigenvalue weighted by Crippen LogP contribution is 2.62. The fourth-order valence-corrected chi connectivity index (χ4v) is 16.7. The molecule has 0 N–H and O–H groups in total. The summed E-state index contributed by atoms with van der Waals surface area (Å²) in [6.07, 6.45) is 0. The molecule has 0 aromatic rings. The van der Waals surface area contributed by atoms with E-state index >= 15 is 0 Å². The first-order valence-corrected chi connectivity index (χ1v) is 10.5. The second kappa shape index (κ2) is 5.30. The molecular formula is C9H25F2N3SSi. The molecule has 0 amide bonds. The Labute approximate surface area is 101 Å². The van der Waals surface area contributed by atoms with Gasteiger partial charge >= 0.3 is 0 Å². The van der Waals surface area contributed by atoms with E-state index in [-0.39, 0.29) is 0 Å². The van der Waals surface area contributed by atoms with Crippen LogP contribution in [0.5, 0.6) is 0 Å². The Hall–Kier alpha value is 0.307. The fraction of sp³-hybridized carbons (Fsp3) is 1.00. The topological polar surface area (TPSA) is 9.72 Å². The van der Waals surface area contributed by atoms with E-state index in [0.717, 1.165) is 0 Å². The first-order chi connectivity index (χ1) is 7.02. The molecule has 0 saturated carbocycles. The average Bonchev–Trinajstić information content (AvgIpc) is 2.00. The van der Waals surface area contributed by atoms with Crippen molar-refractivity contribution in [1.29, 1.82) is 0 Å². The lowest BCUT2D eigenvalue weighted by molar-refractivity contribution is 0.230. The van der Waals surface area contributed by atoms with E-state index in [1.807, 2.05) is 55.2 Å². The van der Waals surface area contributed by atoms with Gasteiger partial charge < -0.3 is 0 Å². The highest BCUT2D eigenvalue weighted by atomic mass is 32.5. The zero-order chi connectivity index (χ0) is 13.3. The lowest BCUT2D eigenvalue weighted by Gasteiger charge is -2.61. The molecule has 0 fully saturated rings. The first kappa shape index (κ1) is 16.3. The van der Waals surface area contributed by atoms with Crippen LogP contribution in [0.4, 0.5) is 8.78 Å². The average molecular weight is 273 g/mol. The van der Waals surface area contributed by atoms with Gasteiger partial charge in [0.1, 0.15) is 0 Å². The molecule has 0 radical (unpaired) electrons. The molecule has 3 nitrogen and oxygen atoms in total. The Kier molecular flexibility index (Phi) is 5.40. The monoisotopic (exact) mass is 273 g/mol. The van der Waals surface area contributed by atoms with Crippen LogP contribution in [0.3, 0.4) is 0 Å². The summed E-state index contributed by atoms with van der Waals surface area (Å²) in [5.41, 5.74) is 0. The van der Waals surface area contributed by atoms with Gasteiger partial charge in [0.05, 0.1) is 0 Å². The quantitative estimate of drug-likeness (QED) is 0.711. The van der Waals surface area contributed by atoms with Crippen LogP contribution in [0.25, 0.3) is 0 Å². The van der Waals surface area contributed by atoms with Crippen molar-refractivity contribution in [3.8, 4) is 0 Å². The summed E-state index contributed by atoms with van der Waals surface area (Å²) in [7, 11) is 6.92. The molecule has 0 aliphatic carbocycles. The molecule has 0 saturated heterocycles. The Balaban J connectivity index is 5.72. The summed E-state index contributed by atoms with van der Waals surface area (Å²) < 4.78 is 32.7. The highest BCUT2D eigenvalue weighted by Gasteiger charge is 2.54. The van der Waals surface area contributed by atoms with E-state index in [2.05, 4.69) is 0 Å². The van der Waals surface area contributed by atoms with Gasteiger partial charge in [0, 0.05) is 0 Å². The zero-order valence-electron chi connectivity index (χ0n) is 11.6. The fourth-order valence-electron chi connectivity index (χ4n) is 2.51. The second-order valence-electron chi connectivity index (χ2n) is 4.86. The van der Waals surface area contributed by atoms with E-state index in [1.165, 1.54) is 0 Å². The van der Waals surface area contributed by atoms with Crippen LogP contribution in [-0.2, 0) is 0 Å². The normalized spacial score (nSPS) is 15.6. The Bertz CT molecular complexity index is 213. The smallest absolute Gasteiger partial charge is 0.234 e. The van der Waals surface area contributed by atoms with E-state index in [1.54, 1.807) is 13.1 Å². The van der Waals surface area contributed by atoms with Crippen molar-refractivity contribution >= 4 is 17.3 Å². The van der Waals surface area contributed by atoms with Crippen LogP contribution < -0.4 is 0 Å². The molecule has 0 bridgehead atoms. The molecule has 0 atom stereocenters. The van der Waals surface area contributed by atoms with Gasteiger partial charge in [-0.15, -0.1) is 0 Å². The Morgan fingerprint density at radius 3 is 1.12 bits per heavy atom. The van der Waals surface area contributed by atoms with Crippen molar-refractivity contribution in [2.45, 2.75) is 19.1 Å². The van der Waals surface area contributed by atoms with Crippen molar-refractivity contribution in [2.24, 2.45) is 0 Å². The van der Waals surface area contributed by atoms with Gasteiger partial charge in [-0.05, 0) is 42.3 Å². The molecule has 16 heavy (non-hydrogen) atoms. The first-order valence-electron chi connectivity index (χ1n) is 5.16. The van der Waals surface area contributed by atoms with Crippen LogP contribution in [0.1, 0.15) is 0 Å². The van der Waals surface area contributed by atoms with Crippen molar-refractivity contribution in [3.05, 3.63) is 0 Å².